The molecule has 122 valence electrons. The van der Waals surface area contributed by atoms with Crippen LogP contribution in [0.25, 0.3) is 0 Å². The van der Waals surface area contributed by atoms with Gasteiger partial charge in [-0.15, -0.1) is 0 Å². The maximum atomic E-state index is 13.5. The van der Waals surface area contributed by atoms with Crippen LogP contribution in [0.3, 0.4) is 0 Å². The SMILES string of the molecule is CC(C)C#Cc1cncc([C@H]2NC(=O)O[C@@H]2c2cccc(F)c2)c1. The smallest absolute Gasteiger partial charge is 0.408 e. The second-order valence-corrected chi connectivity index (χ2v) is 5.93. The summed E-state index contributed by atoms with van der Waals surface area (Å²) < 4.78 is 18.8. The summed E-state index contributed by atoms with van der Waals surface area (Å²) in [6, 6.07) is 7.48. The third kappa shape index (κ3) is 3.54. The van der Waals surface area contributed by atoms with Crippen LogP contribution < -0.4 is 5.32 Å². The fraction of sp³-hybridized carbons (Fsp3) is 0.263. The summed E-state index contributed by atoms with van der Waals surface area (Å²) in [6.07, 6.45) is 2.19. The molecule has 2 atom stereocenters. The van der Waals surface area contributed by atoms with E-state index in [1.807, 2.05) is 19.9 Å². The van der Waals surface area contributed by atoms with E-state index in [4.69, 9.17) is 4.74 Å². The van der Waals surface area contributed by atoms with Crippen molar-refractivity contribution in [3.63, 3.8) is 0 Å². The van der Waals surface area contributed by atoms with Gasteiger partial charge >= 0.3 is 6.09 Å². The van der Waals surface area contributed by atoms with Gasteiger partial charge in [0.15, 0.2) is 6.10 Å². The van der Waals surface area contributed by atoms with Gasteiger partial charge in [-0.3, -0.25) is 4.98 Å². The molecule has 3 rings (SSSR count). The van der Waals surface area contributed by atoms with Gasteiger partial charge < -0.3 is 10.1 Å². The van der Waals surface area contributed by atoms with Crippen LogP contribution in [0.1, 0.15) is 42.7 Å². The van der Waals surface area contributed by atoms with Gasteiger partial charge in [0.05, 0.1) is 0 Å². The molecule has 0 radical (unpaired) electrons. The van der Waals surface area contributed by atoms with Gasteiger partial charge in [0, 0.05) is 23.9 Å². The minimum Gasteiger partial charge on any atom is -0.439 e. The van der Waals surface area contributed by atoms with Crippen LogP contribution in [-0.4, -0.2) is 11.1 Å². The van der Waals surface area contributed by atoms with Crippen LogP contribution in [0.15, 0.2) is 42.7 Å². The van der Waals surface area contributed by atoms with Crippen LogP contribution in [0.5, 0.6) is 0 Å². The van der Waals surface area contributed by atoms with Crippen molar-refractivity contribution >= 4 is 6.09 Å². The highest BCUT2D eigenvalue weighted by Crippen LogP contribution is 2.36. The summed E-state index contributed by atoms with van der Waals surface area (Å²) in [5.74, 6) is 6.02. The molecule has 2 aromatic rings. The molecule has 0 spiro atoms. The molecule has 2 heterocycles. The summed E-state index contributed by atoms with van der Waals surface area (Å²) >= 11 is 0. The molecule has 1 aliphatic heterocycles. The lowest BCUT2D eigenvalue weighted by atomic mass is 9.97. The first-order chi connectivity index (χ1) is 11.5. The molecular formula is C19H17FN2O2. The van der Waals surface area contributed by atoms with Gasteiger partial charge in [-0.1, -0.05) is 37.8 Å². The number of carbonyl (C=O) groups is 1. The minimum atomic E-state index is -0.608. The average Bonchev–Trinajstić information content (AvgIpc) is 2.95. The molecule has 1 N–H and O–H groups in total. The largest absolute Gasteiger partial charge is 0.439 e. The highest BCUT2D eigenvalue weighted by atomic mass is 19.1. The number of alkyl carbamates (subject to hydrolysis) is 1. The van der Waals surface area contributed by atoms with Crippen molar-refractivity contribution in [2.45, 2.75) is 26.0 Å². The Hall–Kier alpha value is -2.87. The second kappa shape index (κ2) is 6.71. The van der Waals surface area contributed by atoms with E-state index in [1.165, 1.54) is 12.1 Å². The number of hydrogen-bond donors (Lipinski definition) is 1. The van der Waals surface area contributed by atoms with E-state index >= 15 is 0 Å². The van der Waals surface area contributed by atoms with E-state index in [9.17, 15) is 9.18 Å². The quantitative estimate of drug-likeness (QED) is 0.856. The van der Waals surface area contributed by atoms with E-state index in [1.54, 1.807) is 24.5 Å². The summed E-state index contributed by atoms with van der Waals surface area (Å²) in [5, 5.41) is 2.76. The predicted octanol–water partition coefficient (Wildman–Crippen LogP) is 3.75. The average molecular weight is 324 g/mol. The third-order valence-electron chi connectivity index (χ3n) is 3.61. The van der Waals surface area contributed by atoms with E-state index in [2.05, 4.69) is 22.1 Å². The van der Waals surface area contributed by atoms with E-state index < -0.39 is 18.2 Å². The van der Waals surface area contributed by atoms with Gasteiger partial charge in [-0.25, -0.2) is 9.18 Å². The lowest BCUT2D eigenvalue weighted by Crippen LogP contribution is -2.19. The summed E-state index contributed by atoms with van der Waals surface area (Å²) in [6.45, 7) is 4.02. The number of nitrogens with zero attached hydrogens (tertiary/aromatic N) is 1. The molecule has 1 aromatic heterocycles. The van der Waals surface area contributed by atoms with Crippen LogP contribution in [0, 0.1) is 23.6 Å². The Labute approximate surface area is 140 Å². The third-order valence-corrected chi connectivity index (χ3v) is 3.61. The predicted molar refractivity (Wildman–Crippen MR) is 87.5 cm³/mol. The Bertz CT molecular complexity index is 823. The molecule has 0 unspecified atom stereocenters. The highest BCUT2D eigenvalue weighted by molar-refractivity contribution is 5.71. The Balaban J connectivity index is 1.94. The van der Waals surface area contributed by atoms with Crippen LogP contribution in [0.4, 0.5) is 9.18 Å². The lowest BCUT2D eigenvalue weighted by Gasteiger charge is -2.17. The molecular weight excluding hydrogens is 307 g/mol. The van der Waals surface area contributed by atoms with Crippen molar-refractivity contribution in [3.05, 3.63) is 65.2 Å². The van der Waals surface area contributed by atoms with Gasteiger partial charge in [0.2, 0.25) is 0 Å². The number of cyclic esters (lactones) is 1. The van der Waals surface area contributed by atoms with Crippen LogP contribution in [0.2, 0.25) is 0 Å². The second-order valence-electron chi connectivity index (χ2n) is 5.93. The number of benzene rings is 1. The van der Waals surface area contributed by atoms with Crippen molar-refractivity contribution < 1.29 is 13.9 Å². The molecule has 0 saturated carbocycles. The van der Waals surface area contributed by atoms with Crippen molar-refractivity contribution in [1.29, 1.82) is 0 Å². The zero-order valence-corrected chi connectivity index (χ0v) is 13.4. The van der Waals surface area contributed by atoms with E-state index in [0.29, 0.717) is 5.56 Å². The summed E-state index contributed by atoms with van der Waals surface area (Å²) in [5.41, 5.74) is 2.13. The van der Waals surface area contributed by atoms with Crippen LogP contribution in [-0.2, 0) is 4.74 Å². The first-order valence-electron chi connectivity index (χ1n) is 7.72. The number of amides is 1. The molecule has 0 bridgehead atoms. The molecule has 24 heavy (non-hydrogen) atoms. The van der Waals surface area contributed by atoms with Gasteiger partial charge in [-0.05, 0) is 29.3 Å². The Morgan fingerprint density at radius 2 is 2.08 bits per heavy atom. The normalized spacial score (nSPS) is 19.4. The number of pyridine rings is 1. The molecule has 0 aliphatic carbocycles. The number of rotatable bonds is 2. The Morgan fingerprint density at radius 1 is 1.25 bits per heavy atom. The zero-order valence-electron chi connectivity index (χ0n) is 13.4. The van der Waals surface area contributed by atoms with E-state index in [0.717, 1.165) is 11.1 Å². The van der Waals surface area contributed by atoms with E-state index in [-0.39, 0.29) is 11.7 Å². The molecule has 1 fully saturated rings. The monoisotopic (exact) mass is 324 g/mol. The number of nitrogens with one attached hydrogen (secondary N) is 1. The maximum Gasteiger partial charge on any atom is 0.408 e. The Kier molecular flexibility index (Phi) is 4.48. The topological polar surface area (TPSA) is 51.2 Å². The minimum absolute atomic E-state index is 0.253. The van der Waals surface area contributed by atoms with Gasteiger partial charge in [0.25, 0.3) is 0 Å². The first kappa shape index (κ1) is 16.0. The first-order valence-corrected chi connectivity index (χ1v) is 7.72. The maximum absolute atomic E-state index is 13.5. The highest BCUT2D eigenvalue weighted by Gasteiger charge is 2.36. The van der Waals surface area contributed by atoms with Crippen LogP contribution >= 0.6 is 0 Å². The van der Waals surface area contributed by atoms with Crippen molar-refractivity contribution in [3.8, 4) is 11.8 Å². The molecule has 1 amide bonds. The number of ether oxygens (including phenoxy) is 1. The van der Waals surface area contributed by atoms with Crippen molar-refractivity contribution in [2.75, 3.05) is 0 Å². The van der Waals surface area contributed by atoms with Crippen molar-refractivity contribution in [1.82, 2.24) is 10.3 Å². The Morgan fingerprint density at radius 3 is 2.83 bits per heavy atom. The van der Waals surface area contributed by atoms with Gasteiger partial charge in [-0.2, -0.15) is 0 Å². The fourth-order valence-electron chi connectivity index (χ4n) is 2.55. The summed E-state index contributed by atoms with van der Waals surface area (Å²) in [7, 11) is 0. The molecule has 5 heteroatoms. The molecule has 1 saturated heterocycles. The van der Waals surface area contributed by atoms with Crippen molar-refractivity contribution in [2.24, 2.45) is 5.92 Å². The number of aromatic nitrogens is 1. The standard InChI is InChI=1S/C19H17FN2O2/c1-12(2)6-7-13-8-15(11-21-10-13)17-18(24-19(23)22-17)14-4-3-5-16(20)9-14/h3-5,8-12,17-18H,1-2H3,(H,22,23)/t17-,18-/m1/s1. The molecule has 1 aromatic carbocycles. The molecule has 4 nitrogen and oxygen atoms in total. The number of hydrogen-bond acceptors (Lipinski definition) is 3. The van der Waals surface area contributed by atoms with Gasteiger partial charge in [0.1, 0.15) is 11.9 Å². The summed E-state index contributed by atoms with van der Waals surface area (Å²) in [4.78, 5) is 15.9. The zero-order chi connectivity index (χ0) is 17.1. The lowest BCUT2D eigenvalue weighted by molar-refractivity contribution is 0.132. The number of halogens is 1. The fourth-order valence-corrected chi connectivity index (χ4v) is 2.55. The number of carbonyl (C=O) groups excluding carboxylic acids is 1. The molecule has 1 aliphatic rings.